The normalized spacial score (nSPS) is 21.8. The highest BCUT2D eigenvalue weighted by Gasteiger charge is 2.26. The Morgan fingerprint density at radius 3 is 2.60 bits per heavy atom. The largest absolute Gasteiger partial charge is 0.296 e. The number of rotatable bonds is 1. The molecule has 1 fully saturated rings. The summed E-state index contributed by atoms with van der Waals surface area (Å²) in [4.78, 5) is 7.51. The van der Waals surface area contributed by atoms with Crippen molar-refractivity contribution in [3.63, 3.8) is 0 Å². The second-order valence-corrected chi connectivity index (χ2v) is 7.59. The van der Waals surface area contributed by atoms with Crippen molar-refractivity contribution in [2.24, 2.45) is 0 Å². The van der Waals surface area contributed by atoms with Crippen molar-refractivity contribution in [3.8, 4) is 0 Å². The summed E-state index contributed by atoms with van der Waals surface area (Å²) in [5, 5.41) is 0. The highest BCUT2D eigenvalue weighted by molar-refractivity contribution is 5.30. The Bertz CT molecular complexity index is 467. The number of aryl methyl sites for hydroxylation is 1. The van der Waals surface area contributed by atoms with Crippen LogP contribution in [-0.2, 0) is 18.4 Å². The maximum atomic E-state index is 4.78. The van der Waals surface area contributed by atoms with Crippen LogP contribution in [-0.4, -0.2) is 22.5 Å². The van der Waals surface area contributed by atoms with E-state index >= 15 is 0 Å². The topological polar surface area (TPSA) is 16.1 Å². The van der Waals surface area contributed by atoms with Crippen molar-refractivity contribution in [1.82, 2.24) is 9.88 Å². The molecule has 2 heterocycles. The van der Waals surface area contributed by atoms with E-state index in [9.17, 15) is 0 Å². The fourth-order valence-electron chi connectivity index (χ4n) is 3.64. The van der Waals surface area contributed by atoms with E-state index in [1.54, 1.807) is 0 Å². The Labute approximate surface area is 123 Å². The van der Waals surface area contributed by atoms with Gasteiger partial charge in [0.15, 0.2) is 0 Å². The molecule has 0 N–H and O–H groups in total. The number of hydrogen-bond acceptors (Lipinski definition) is 2. The van der Waals surface area contributed by atoms with Crippen molar-refractivity contribution in [3.05, 3.63) is 29.1 Å². The first-order chi connectivity index (χ1) is 9.54. The molecule has 0 amide bonds. The van der Waals surface area contributed by atoms with Crippen molar-refractivity contribution in [2.45, 2.75) is 77.3 Å². The van der Waals surface area contributed by atoms with E-state index < -0.39 is 0 Å². The van der Waals surface area contributed by atoms with E-state index in [-0.39, 0.29) is 5.41 Å². The van der Waals surface area contributed by atoms with Crippen LogP contribution in [0.15, 0.2) is 12.3 Å². The fourth-order valence-corrected chi connectivity index (χ4v) is 3.64. The summed E-state index contributed by atoms with van der Waals surface area (Å²) in [6.07, 6.45) is 10.2. The summed E-state index contributed by atoms with van der Waals surface area (Å²) >= 11 is 0. The van der Waals surface area contributed by atoms with Gasteiger partial charge in [-0.25, -0.2) is 0 Å². The van der Waals surface area contributed by atoms with Crippen LogP contribution in [0.2, 0.25) is 0 Å². The van der Waals surface area contributed by atoms with Gasteiger partial charge in [-0.05, 0) is 48.8 Å². The molecule has 0 aromatic carbocycles. The molecular formula is C18H28N2. The van der Waals surface area contributed by atoms with Crippen LogP contribution in [0.4, 0.5) is 0 Å². The Kier molecular flexibility index (Phi) is 3.85. The van der Waals surface area contributed by atoms with Crippen LogP contribution in [0.25, 0.3) is 0 Å². The molecule has 2 heteroatoms. The average Bonchev–Trinajstić information content (AvgIpc) is 2.83. The molecule has 0 radical (unpaired) electrons. The Morgan fingerprint density at radius 1 is 1.15 bits per heavy atom. The van der Waals surface area contributed by atoms with Crippen molar-refractivity contribution < 1.29 is 0 Å². The zero-order valence-corrected chi connectivity index (χ0v) is 13.3. The molecule has 1 aromatic rings. The van der Waals surface area contributed by atoms with Gasteiger partial charge in [0.25, 0.3) is 0 Å². The third-order valence-corrected chi connectivity index (χ3v) is 5.00. The standard InChI is InChI=1S/C18H28N2/c1-18(2,3)15-11-14-13-20(16-7-4-5-8-16)10-6-9-17(14)19-12-15/h11-12,16H,4-10,13H2,1-3H3. The van der Waals surface area contributed by atoms with Gasteiger partial charge >= 0.3 is 0 Å². The molecule has 0 spiro atoms. The summed E-state index contributed by atoms with van der Waals surface area (Å²) in [5.41, 5.74) is 4.41. The minimum Gasteiger partial charge on any atom is -0.296 e. The first-order valence-corrected chi connectivity index (χ1v) is 8.26. The number of nitrogens with zero attached hydrogens (tertiary/aromatic N) is 2. The molecule has 2 nitrogen and oxygen atoms in total. The van der Waals surface area contributed by atoms with E-state index in [4.69, 9.17) is 4.98 Å². The summed E-state index contributed by atoms with van der Waals surface area (Å²) in [5.74, 6) is 0. The van der Waals surface area contributed by atoms with Gasteiger partial charge in [-0.15, -0.1) is 0 Å². The number of aromatic nitrogens is 1. The van der Waals surface area contributed by atoms with Gasteiger partial charge in [-0.1, -0.05) is 39.7 Å². The first-order valence-electron chi connectivity index (χ1n) is 8.26. The Balaban J connectivity index is 1.85. The lowest BCUT2D eigenvalue weighted by Gasteiger charge is -2.28. The van der Waals surface area contributed by atoms with Gasteiger partial charge < -0.3 is 0 Å². The number of hydrogen-bond donors (Lipinski definition) is 0. The molecule has 0 bridgehead atoms. The van der Waals surface area contributed by atoms with E-state index in [1.807, 2.05) is 0 Å². The fraction of sp³-hybridized carbons (Fsp3) is 0.722. The number of pyridine rings is 1. The van der Waals surface area contributed by atoms with E-state index in [0.29, 0.717) is 0 Å². The van der Waals surface area contributed by atoms with Crippen molar-refractivity contribution in [2.75, 3.05) is 6.54 Å². The molecule has 1 aliphatic heterocycles. The van der Waals surface area contributed by atoms with Crippen LogP contribution in [0, 0.1) is 0 Å². The molecule has 1 aliphatic carbocycles. The third kappa shape index (κ3) is 2.90. The smallest absolute Gasteiger partial charge is 0.0449 e. The van der Waals surface area contributed by atoms with Crippen LogP contribution in [0.3, 0.4) is 0 Å². The van der Waals surface area contributed by atoms with Gasteiger partial charge in [0.2, 0.25) is 0 Å². The van der Waals surface area contributed by atoms with E-state index in [0.717, 1.165) is 19.0 Å². The molecule has 2 aliphatic rings. The predicted octanol–water partition coefficient (Wildman–Crippen LogP) is 4.07. The monoisotopic (exact) mass is 272 g/mol. The molecule has 0 atom stereocenters. The summed E-state index contributed by atoms with van der Waals surface area (Å²) in [6, 6.07) is 3.26. The van der Waals surface area contributed by atoms with Crippen LogP contribution >= 0.6 is 0 Å². The van der Waals surface area contributed by atoms with Gasteiger partial charge in [-0.2, -0.15) is 0 Å². The van der Waals surface area contributed by atoms with Gasteiger partial charge in [0.1, 0.15) is 0 Å². The van der Waals surface area contributed by atoms with E-state index in [1.165, 1.54) is 55.5 Å². The average molecular weight is 272 g/mol. The Morgan fingerprint density at radius 2 is 1.90 bits per heavy atom. The first kappa shape index (κ1) is 14.1. The zero-order valence-electron chi connectivity index (χ0n) is 13.3. The Hall–Kier alpha value is -0.890. The zero-order chi connectivity index (χ0) is 14.2. The predicted molar refractivity (Wildman–Crippen MR) is 83.9 cm³/mol. The van der Waals surface area contributed by atoms with Crippen LogP contribution in [0.5, 0.6) is 0 Å². The van der Waals surface area contributed by atoms with Crippen LogP contribution in [0.1, 0.15) is 69.7 Å². The maximum Gasteiger partial charge on any atom is 0.0449 e. The highest BCUT2D eigenvalue weighted by atomic mass is 15.2. The SMILES string of the molecule is CC(C)(C)c1cnc2c(c1)CN(C1CCCC1)CCC2. The van der Waals surface area contributed by atoms with Gasteiger partial charge in [0.05, 0.1) is 0 Å². The minimum absolute atomic E-state index is 0.201. The molecule has 0 unspecified atom stereocenters. The minimum atomic E-state index is 0.201. The molecule has 110 valence electrons. The third-order valence-electron chi connectivity index (χ3n) is 5.00. The molecule has 1 saturated carbocycles. The summed E-state index contributed by atoms with van der Waals surface area (Å²) in [6.45, 7) is 9.22. The molecular weight excluding hydrogens is 244 g/mol. The van der Waals surface area contributed by atoms with E-state index in [2.05, 4.69) is 37.9 Å². The lowest BCUT2D eigenvalue weighted by molar-refractivity contribution is 0.192. The maximum absolute atomic E-state index is 4.78. The van der Waals surface area contributed by atoms with Gasteiger partial charge in [-0.3, -0.25) is 9.88 Å². The quantitative estimate of drug-likeness (QED) is 0.766. The second kappa shape index (κ2) is 5.48. The van der Waals surface area contributed by atoms with Crippen molar-refractivity contribution >= 4 is 0 Å². The van der Waals surface area contributed by atoms with Crippen LogP contribution < -0.4 is 0 Å². The molecule has 1 aromatic heterocycles. The molecule has 20 heavy (non-hydrogen) atoms. The lowest BCUT2D eigenvalue weighted by atomic mass is 9.87. The number of fused-ring (bicyclic) bond motifs is 1. The van der Waals surface area contributed by atoms with Crippen molar-refractivity contribution in [1.29, 1.82) is 0 Å². The second-order valence-electron chi connectivity index (χ2n) is 7.59. The molecule has 0 saturated heterocycles. The molecule has 3 rings (SSSR count). The highest BCUT2D eigenvalue weighted by Crippen LogP contribution is 2.30. The van der Waals surface area contributed by atoms with Gasteiger partial charge in [0, 0.05) is 24.5 Å². The summed E-state index contributed by atoms with van der Waals surface area (Å²) in [7, 11) is 0. The lowest BCUT2D eigenvalue weighted by Crippen LogP contribution is -2.32. The summed E-state index contributed by atoms with van der Waals surface area (Å²) < 4.78 is 0.